The quantitative estimate of drug-likeness (QED) is 0.911. The average Bonchev–Trinajstić information content (AvgIpc) is 2.63. The highest BCUT2D eigenvalue weighted by molar-refractivity contribution is 5.84. The minimum Gasteiger partial charge on any atom is -0.359 e. The molecule has 19 heavy (non-hydrogen) atoms. The van der Waals surface area contributed by atoms with Crippen molar-refractivity contribution in [3.05, 3.63) is 22.5 Å². The Morgan fingerprint density at radius 1 is 1.26 bits per heavy atom. The van der Waals surface area contributed by atoms with E-state index in [-0.39, 0.29) is 5.91 Å². The Labute approximate surface area is 113 Å². The number of carbonyl (C=O) groups excluding carboxylic acids is 1. The number of nitrogens with zero attached hydrogens (tertiary/aromatic N) is 3. The molecule has 2 heterocycles. The van der Waals surface area contributed by atoms with Gasteiger partial charge in [-0.1, -0.05) is 0 Å². The molecule has 0 unspecified atom stereocenters. The third-order valence-corrected chi connectivity index (χ3v) is 3.61. The third-order valence-electron chi connectivity index (χ3n) is 3.61. The number of hydrogen-bond donors (Lipinski definition) is 1. The van der Waals surface area contributed by atoms with Crippen molar-refractivity contribution in [2.75, 3.05) is 7.05 Å². The summed E-state index contributed by atoms with van der Waals surface area (Å²) in [6.07, 6.45) is 1.21. The average molecular weight is 260 g/mol. The number of nitrogens with one attached hydrogen (secondary N) is 1. The van der Waals surface area contributed by atoms with Crippen molar-refractivity contribution >= 4 is 16.9 Å². The van der Waals surface area contributed by atoms with Crippen LogP contribution in [0.3, 0.4) is 0 Å². The van der Waals surface area contributed by atoms with Gasteiger partial charge < -0.3 is 5.32 Å². The highest BCUT2D eigenvalue weighted by atomic mass is 16.1. The molecule has 0 spiro atoms. The standard InChI is InChI=1S/C14H20N4O/c1-8-11(6-7-12(19)15-4)9(2)16-14-13(8)10(3)17-18(14)5/h6-7H2,1-5H3,(H,15,19). The first kappa shape index (κ1) is 13.5. The third kappa shape index (κ3) is 2.32. The predicted octanol–water partition coefficient (Wildman–Crippen LogP) is 1.57. The lowest BCUT2D eigenvalue weighted by molar-refractivity contribution is -0.120. The minimum absolute atomic E-state index is 0.0572. The summed E-state index contributed by atoms with van der Waals surface area (Å²) in [6.45, 7) is 6.08. The smallest absolute Gasteiger partial charge is 0.220 e. The predicted molar refractivity (Wildman–Crippen MR) is 75.1 cm³/mol. The first-order valence-electron chi connectivity index (χ1n) is 6.45. The maximum Gasteiger partial charge on any atom is 0.220 e. The molecule has 2 rings (SSSR count). The van der Waals surface area contributed by atoms with Crippen molar-refractivity contribution in [3.8, 4) is 0 Å². The van der Waals surface area contributed by atoms with E-state index >= 15 is 0 Å². The molecule has 0 fully saturated rings. The van der Waals surface area contributed by atoms with Crippen molar-refractivity contribution in [2.45, 2.75) is 33.6 Å². The fourth-order valence-corrected chi connectivity index (χ4v) is 2.59. The van der Waals surface area contributed by atoms with Crippen molar-refractivity contribution in [2.24, 2.45) is 7.05 Å². The highest BCUT2D eigenvalue weighted by Crippen LogP contribution is 2.25. The second-order valence-corrected chi connectivity index (χ2v) is 4.88. The number of rotatable bonds is 3. The van der Waals surface area contributed by atoms with Gasteiger partial charge >= 0.3 is 0 Å². The summed E-state index contributed by atoms with van der Waals surface area (Å²) in [6, 6.07) is 0. The van der Waals surface area contributed by atoms with Crippen LogP contribution in [-0.2, 0) is 18.3 Å². The Bertz CT molecular complexity index is 643. The van der Waals surface area contributed by atoms with Gasteiger partial charge in [-0.3, -0.25) is 9.48 Å². The Morgan fingerprint density at radius 3 is 2.58 bits per heavy atom. The van der Waals surface area contributed by atoms with Crippen LogP contribution < -0.4 is 5.32 Å². The van der Waals surface area contributed by atoms with Crippen LogP contribution in [0.15, 0.2) is 0 Å². The van der Waals surface area contributed by atoms with E-state index in [0.717, 1.165) is 28.0 Å². The lowest BCUT2D eigenvalue weighted by Crippen LogP contribution is -2.18. The minimum atomic E-state index is 0.0572. The fraction of sp³-hybridized carbons (Fsp3) is 0.500. The molecule has 0 aliphatic carbocycles. The van der Waals surface area contributed by atoms with Gasteiger partial charge in [-0.15, -0.1) is 0 Å². The molecule has 0 aliphatic rings. The van der Waals surface area contributed by atoms with E-state index in [1.54, 1.807) is 7.05 Å². The molecule has 0 bridgehead atoms. The number of hydrogen-bond acceptors (Lipinski definition) is 3. The maximum absolute atomic E-state index is 11.4. The molecule has 5 nitrogen and oxygen atoms in total. The Hall–Kier alpha value is -1.91. The molecule has 5 heteroatoms. The number of amides is 1. The number of fused-ring (bicyclic) bond motifs is 1. The van der Waals surface area contributed by atoms with E-state index in [0.29, 0.717) is 12.8 Å². The number of carbonyl (C=O) groups is 1. The van der Waals surface area contributed by atoms with Gasteiger partial charge in [0.05, 0.1) is 5.69 Å². The van der Waals surface area contributed by atoms with Crippen LogP contribution >= 0.6 is 0 Å². The van der Waals surface area contributed by atoms with Crippen LogP contribution in [0.1, 0.15) is 28.9 Å². The van der Waals surface area contributed by atoms with E-state index < -0.39 is 0 Å². The largest absolute Gasteiger partial charge is 0.359 e. The molecule has 0 aromatic carbocycles. The second kappa shape index (κ2) is 4.99. The van der Waals surface area contributed by atoms with Crippen molar-refractivity contribution in [1.82, 2.24) is 20.1 Å². The Morgan fingerprint density at radius 2 is 1.95 bits per heavy atom. The highest BCUT2D eigenvalue weighted by Gasteiger charge is 2.15. The zero-order valence-electron chi connectivity index (χ0n) is 12.2. The SMILES string of the molecule is CNC(=O)CCc1c(C)nc2c(c(C)nn2C)c1C. The summed E-state index contributed by atoms with van der Waals surface area (Å²) in [5.41, 5.74) is 5.24. The second-order valence-electron chi connectivity index (χ2n) is 4.88. The Kier molecular flexibility index (Phi) is 3.55. The van der Waals surface area contributed by atoms with E-state index in [2.05, 4.69) is 22.3 Å². The topological polar surface area (TPSA) is 59.8 Å². The molecule has 0 radical (unpaired) electrons. The number of pyridine rings is 1. The van der Waals surface area contributed by atoms with Crippen LogP contribution in [0.25, 0.3) is 11.0 Å². The number of aryl methyl sites for hydroxylation is 4. The van der Waals surface area contributed by atoms with Crippen LogP contribution in [0.2, 0.25) is 0 Å². The number of aromatic nitrogens is 3. The zero-order valence-corrected chi connectivity index (χ0v) is 12.2. The molecule has 2 aromatic rings. The molecule has 0 saturated heterocycles. The van der Waals surface area contributed by atoms with Crippen molar-refractivity contribution < 1.29 is 4.79 Å². The first-order chi connectivity index (χ1) is 8.95. The molecule has 0 aliphatic heterocycles. The molecular weight excluding hydrogens is 240 g/mol. The van der Waals surface area contributed by atoms with E-state index in [1.165, 1.54) is 5.56 Å². The van der Waals surface area contributed by atoms with Crippen LogP contribution in [0.5, 0.6) is 0 Å². The van der Waals surface area contributed by atoms with Gasteiger partial charge in [-0.2, -0.15) is 5.10 Å². The maximum atomic E-state index is 11.4. The lowest BCUT2D eigenvalue weighted by Gasteiger charge is -2.10. The van der Waals surface area contributed by atoms with Gasteiger partial charge in [0.15, 0.2) is 5.65 Å². The van der Waals surface area contributed by atoms with E-state index in [4.69, 9.17) is 0 Å². The monoisotopic (exact) mass is 260 g/mol. The van der Waals surface area contributed by atoms with Crippen LogP contribution in [0, 0.1) is 20.8 Å². The first-order valence-corrected chi connectivity index (χ1v) is 6.45. The molecular formula is C14H20N4O. The van der Waals surface area contributed by atoms with Crippen molar-refractivity contribution in [1.29, 1.82) is 0 Å². The Balaban J connectivity index is 2.50. The molecule has 0 saturated carbocycles. The van der Waals surface area contributed by atoms with E-state index in [1.807, 2.05) is 25.6 Å². The summed E-state index contributed by atoms with van der Waals surface area (Å²) in [5.74, 6) is 0.0572. The molecule has 102 valence electrons. The summed E-state index contributed by atoms with van der Waals surface area (Å²) in [7, 11) is 3.57. The normalized spacial score (nSPS) is 11.0. The van der Waals surface area contributed by atoms with Gasteiger partial charge in [0, 0.05) is 31.6 Å². The lowest BCUT2D eigenvalue weighted by atomic mass is 9.99. The van der Waals surface area contributed by atoms with Gasteiger partial charge in [0.1, 0.15) is 0 Å². The van der Waals surface area contributed by atoms with Gasteiger partial charge in [-0.05, 0) is 38.3 Å². The van der Waals surface area contributed by atoms with Gasteiger partial charge in [0.2, 0.25) is 5.91 Å². The van der Waals surface area contributed by atoms with Gasteiger partial charge in [-0.25, -0.2) is 4.98 Å². The summed E-state index contributed by atoms with van der Waals surface area (Å²) < 4.78 is 1.81. The van der Waals surface area contributed by atoms with Crippen molar-refractivity contribution in [3.63, 3.8) is 0 Å². The van der Waals surface area contributed by atoms with Gasteiger partial charge in [0.25, 0.3) is 0 Å². The van der Waals surface area contributed by atoms with E-state index in [9.17, 15) is 4.79 Å². The summed E-state index contributed by atoms with van der Waals surface area (Å²) in [4.78, 5) is 16.0. The van der Waals surface area contributed by atoms with Crippen LogP contribution in [0.4, 0.5) is 0 Å². The zero-order chi connectivity index (χ0) is 14.2. The summed E-state index contributed by atoms with van der Waals surface area (Å²) in [5, 5.41) is 8.18. The molecule has 1 amide bonds. The summed E-state index contributed by atoms with van der Waals surface area (Å²) >= 11 is 0. The molecule has 2 aromatic heterocycles. The fourth-order valence-electron chi connectivity index (χ4n) is 2.59. The molecule has 0 atom stereocenters. The van der Waals surface area contributed by atoms with Crippen LogP contribution in [-0.4, -0.2) is 27.7 Å². The molecule has 1 N–H and O–H groups in total.